The largest absolute Gasteiger partial charge is 0.396 e. The molecule has 0 aromatic heterocycles. The first-order valence-electron chi connectivity index (χ1n) is 6.87. The summed E-state index contributed by atoms with van der Waals surface area (Å²) in [5.74, 6) is 0.698. The zero-order valence-corrected chi connectivity index (χ0v) is 10.7. The molecule has 1 atom stereocenters. The van der Waals surface area contributed by atoms with Gasteiger partial charge in [-0.15, -0.1) is 0 Å². The number of nitrogens with one attached hydrogen (secondary N) is 1. The molecular weight excluding hydrogens is 200 g/mol. The minimum atomic E-state index is 0.349. The Kier molecular flexibility index (Phi) is 7.81. The maximum absolute atomic E-state index is 8.80. The molecule has 1 unspecified atom stereocenters. The SMILES string of the molecule is CC(CCO)CCCCCN1CCNCC1. The molecule has 2 N–H and O–H groups in total. The van der Waals surface area contributed by atoms with Crippen molar-refractivity contribution in [2.75, 3.05) is 39.3 Å². The molecule has 0 spiro atoms. The van der Waals surface area contributed by atoms with Gasteiger partial charge in [-0.2, -0.15) is 0 Å². The Morgan fingerprint density at radius 3 is 2.56 bits per heavy atom. The Bertz CT molecular complexity index is 158. The van der Waals surface area contributed by atoms with E-state index in [0.717, 1.165) is 19.5 Å². The normalized spacial score (nSPS) is 19.9. The molecule has 1 aliphatic rings. The van der Waals surface area contributed by atoms with Gasteiger partial charge in [0.2, 0.25) is 0 Å². The summed E-state index contributed by atoms with van der Waals surface area (Å²) in [6.45, 7) is 8.63. The highest BCUT2D eigenvalue weighted by Crippen LogP contribution is 2.12. The van der Waals surface area contributed by atoms with Crippen LogP contribution < -0.4 is 5.32 Å². The highest BCUT2D eigenvalue weighted by atomic mass is 16.3. The van der Waals surface area contributed by atoms with E-state index in [2.05, 4.69) is 17.1 Å². The van der Waals surface area contributed by atoms with Crippen molar-refractivity contribution in [3.8, 4) is 0 Å². The predicted octanol–water partition coefficient (Wildman–Crippen LogP) is 1.47. The van der Waals surface area contributed by atoms with E-state index >= 15 is 0 Å². The average molecular weight is 228 g/mol. The molecule has 1 aliphatic heterocycles. The van der Waals surface area contributed by atoms with Gasteiger partial charge in [-0.1, -0.05) is 26.2 Å². The van der Waals surface area contributed by atoms with Crippen LogP contribution in [0.5, 0.6) is 0 Å². The van der Waals surface area contributed by atoms with Crippen molar-refractivity contribution in [1.29, 1.82) is 0 Å². The minimum absolute atomic E-state index is 0.349. The van der Waals surface area contributed by atoms with Crippen LogP contribution in [0.15, 0.2) is 0 Å². The van der Waals surface area contributed by atoms with Gasteiger partial charge in [-0.25, -0.2) is 0 Å². The van der Waals surface area contributed by atoms with Crippen LogP contribution in [0.4, 0.5) is 0 Å². The highest BCUT2D eigenvalue weighted by molar-refractivity contribution is 4.67. The first kappa shape index (κ1) is 13.9. The maximum Gasteiger partial charge on any atom is 0.0433 e. The van der Waals surface area contributed by atoms with Crippen LogP contribution in [-0.2, 0) is 0 Å². The van der Waals surface area contributed by atoms with Crippen LogP contribution >= 0.6 is 0 Å². The summed E-state index contributed by atoms with van der Waals surface area (Å²) in [7, 11) is 0. The Hall–Kier alpha value is -0.120. The van der Waals surface area contributed by atoms with E-state index in [9.17, 15) is 0 Å². The highest BCUT2D eigenvalue weighted by Gasteiger charge is 2.08. The second-order valence-electron chi connectivity index (χ2n) is 5.06. The number of aliphatic hydroxyl groups is 1. The summed E-state index contributed by atoms with van der Waals surface area (Å²) in [6, 6.07) is 0. The van der Waals surface area contributed by atoms with Crippen molar-refractivity contribution < 1.29 is 5.11 Å². The molecule has 0 saturated carbocycles. The fraction of sp³-hybridized carbons (Fsp3) is 1.00. The van der Waals surface area contributed by atoms with Gasteiger partial charge in [0.25, 0.3) is 0 Å². The van der Waals surface area contributed by atoms with E-state index in [0.29, 0.717) is 12.5 Å². The number of aliphatic hydroxyl groups excluding tert-OH is 1. The van der Waals surface area contributed by atoms with E-state index in [1.54, 1.807) is 0 Å². The van der Waals surface area contributed by atoms with Gasteiger partial charge < -0.3 is 15.3 Å². The summed E-state index contributed by atoms with van der Waals surface area (Å²) < 4.78 is 0. The first-order chi connectivity index (χ1) is 7.83. The number of rotatable bonds is 8. The van der Waals surface area contributed by atoms with Crippen LogP contribution in [0.2, 0.25) is 0 Å². The summed E-state index contributed by atoms with van der Waals surface area (Å²) in [4.78, 5) is 2.56. The molecule has 0 radical (unpaired) electrons. The van der Waals surface area contributed by atoms with Crippen LogP contribution in [0.1, 0.15) is 39.0 Å². The Labute approximate surface area is 100 Å². The molecule has 1 heterocycles. The monoisotopic (exact) mass is 228 g/mol. The summed E-state index contributed by atoms with van der Waals surface area (Å²) in [5, 5.41) is 12.2. The van der Waals surface area contributed by atoms with E-state index in [1.807, 2.05) is 0 Å². The standard InChI is InChI=1S/C13H28N2O/c1-13(6-12-16)5-3-2-4-9-15-10-7-14-8-11-15/h13-14,16H,2-12H2,1H3. The zero-order valence-electron chi connectivity index (χ0n) is 10.7. The van der Waals surface area contributed by atoms with Crippen molar-refractivity contribution in [2.24, 2.45) is 5.92 Å². The Morgan fingerprint density at radius 1 is 1.12 bits per heavy atom. The maximum atomic E-state index is 8.80. The third kappa shape index (κ3) is 6.46. The summed E-state index contributed by atoms with van der Waals surface area (Å²) in [6.07, 6.45) is 6.26. The van der Waals surface area contributed by atoms with Crippen LogP contribution in [0.25, 0.3) is 0 Å². The fourth-order valence-corrected chi connectivity index (χ4v) is 2.30. The molecule has 16 heavy (non-hydrogen) atoms. The number of hydrogen-bond donors (Lipinski definition) is 2. The lowest BCUT2D eigenvalue weighted by Crippen LogP contribution is -2.43. The molecule has 3 nitrogen and oxygen atoms in total. The lowest BCUT2D eigenvalue weighted by atomic mass is 10.0. The topological polar surface area (TPSA) is 35.5 Å². The molecule has 0 amide bonds. The van der Waals surface area contributed by atoms with Gasteiger partial charge in [0.05, 0.1) is 0 Å². The van der Waals surface area contributed by atoms with Crippen molar-refractivity contribution in [3.05, 3.63) is 0 Å². The number of piperazine rings is 1. The second kappa shape index (κ2) is 8.97. The van der Waals surface area contributed by atoms with E-state index < -0.39 is 0 Å². The lowest BCUT2D eigenvalue weighted by Gasteiger charge is -2.27. The van der Waals surface area contributed by atoms with Crippen molar-refractivity contribution in [2.45, 2.75) is 39.0 Å². The quantitative estimate of drug-likeness (QED) is 0.618. The summed E-state index contributed by atoms with van der Waals surface area (Å²) in [5.41, 5.74) is 0. The molecule has 1 saturated heterocycles. The van der Waals surface area contributed by atoms with E-state index in [-0.39, 0.29) is 0 Å². The molecule has 1 fully saturated rings. The number of hydrogen-bond acceptors (Lipinski definition) is 3. The van der Waals surface area contributed by atoms with Crippen LogP contribution in [-0.4, -0.2) is 49.3 Å². The predicted molar refractivity (Wildman–Crippen MR) is 68.6 cm³/mol. The first-order valence-corrected chi connectivity index (χ1v) is 6.87. The number of nitrogens with zero attached hydrogens (tertiary/aromatic N) is 1. The van der Waals surface area contributed by atoms with Crippen LogP contribution in [0.3, 0.4) is 0 Å². The number of unbranched alkanes of at least 4 members (excludes halogenated alkanes) is 2. The van der Waals surface area contributed by atoms with Crippen molar-refractivity contribution in [3.63, 3.8) is 0 Å². The summed E-state index contributed by atoms with van der Waals surface area (Å²) >= 11 is 0. The molecule has 0 aromatic rings. The van der Waals surface area contributed by atoms with E-state index in [1.165, 1.54) is 45.3 Å². The van der Waals surface area contributed by atoms with Gasteiger partial charge in [-0.05, 0) is 25.3 Å². The second-order valence-corrected chi connectivity index (χ2v) is 5.06. The zero-order chi connectivity index (χ0) is 11.6. The van der Waals surface area contributed by atoms with Crippen molar-refractivity contribution >= 4 is 0 Å². The molecule has 96 valence electrons. The van der Waals surface area contributed by atoms with Gasteiger partial charge in [-0.3, -0.25) is 0 Å². The fourth-order valence-electron chi connectivity index (χ4n) is 2.30. The Balaban J connectivity index is 1.87. The van der Waals surface area contributed by atoms with Gasteiger partial charge in [0.15, 0.2) is 0 Å². The average Bonchev–Trinajstić information content (AvgIpc) is 2.30. The molecule has 3 heteroatoms. The molecule has 0 bridgehead atoms. The molecular formula is C13H28N2O. The van der Waals surface area contributed by atoms with Crippen LogP contribution in [0, 0.1) is 5.92 Å². The molecule has 1 rings (SSSR count). The van der Waals surface area contributed by atoms with E-state index in [4.69, 9.17) is 5.11 Å². The molecule has 0 aliphatic carbocycles. The van der Waals surface area contributed by atoms with Gasteiger partial charge in [0, 0.05) is 32.8 Å². The minimum Gasteiger partial charge on any atom is -0.396 e. The third-order valence-corrected chi connectivity index (χ3v) is 3.50. The smallest absolute Gasteiger partial charge is 0.0433 e. The molecule has 0 aromatic carbocycles. The Morgan fingerprint density at radius 2 is 1.88 bits per heavy atom. The van der Waals surface area contributed by atoms with Gasteiger partial charge >= 0.3 is 0 Å². The van der Waals surface area contributed by atoms with Crippen molar-refractivity contribution in [1.82, 2.24) is 10.2 Å². The third-order valence-electron chi connectivity index (χ3n) is 3.50. The lowest BCUT2D eigenvalue weighted by molar-refractivity contribution is 0.233. The van der Waals surface area contributed by atoms with Gasteiger partial charge in [0.1, 0.15) is 0 Å².